The number of aryl methyl sites for hydroxylation is 1. The highest BCUT2D eigenvalue weighted by Crippen LogP contribution is 2.28. The molecular weight excluding hydrogens is 240 g/mol. The van der Waals surface area contributed by atoms with Gasteiger partial charge in [-0.05, 0) is 42.8 Å². The molecule has 16 heavy (non-hydrogen) atoms. The highest BCUT2D eigenvalue weighted by molar-refractivity contribution is 7.99. The summed E-state index contributed by atoms with van der Waals surface area (Å²) >= 11 is 7.39. The Labute approximate surface area is 104 Å². The zero-order valence-electron chi connectivity index (χ0n) is 8.77. The van der Waals surface area contributed by atoms with Crippen molar-refractivity contribution in [1.29, 1.82) is 0 Å². The van der Waals surface area contributed by atoms with Crippen molar-refractivity contribution in [1.82, 2.24) is 4.98 Å². The lowest BCUT2D eigenvalue weighted by atomic mass is 10.3. The molecule has 0 aliphatic carbocycles. The minimum Gasteiger partial charge on any atom is -0.398 e. The normalized spacial score (nSPS) is 10.4. The van der Waals surface area contributed by atoms with Gasteiger partial charge in [0.25, 0.3) is 0 Å². The van der Waals surface area contributed by atoms with E-state index in [1.807, 2.05) is 37.3 Å². The van der Waals surface area contributed by atoms with Gasteiger partial charge in [-0.1, -0.05) is 23.4 Å². The van der Waals surface area contributed by atoms with Crippen molar-refractivity contribution < 1.29 is 0 Å². The van der Waals surface area contributed by atoms with Crippen LogP contribution in [-0.2, 0) is 0 Å². The van der Waals surface area contributed by atoms with Gasteiger partial charge in [-0.15, -0.1) is 0 Å². The maximum absolute atomic E-state index is 5.82. The molecule has 0 saturated carbocycles. The maximum atomic E-state index is 5.82. The quantitative estimate of drug-likeness (QED) is 0.882. The number of rotatable bonds is 2. The van der Waals surface area contributed by atoms with Gasteiger partial charge in [-0.2, -0.15) is 0 Å². The molecule has 1 aromatic carbocycles. The zero-order valence-corrected chi connectivity index (χ0v) is 10.3. The molecule has 0 spiro atoms. The third-order valence-corrected chi connectivity index (χ3v) is 3.35. The lowest BCUT2D eigenvalue weighted by molar-refractivity contribution is 1.11. The van der Waals surface area contributed by atoms with Crippen molar-refractivity contribution in [2.24, 2.45) is 0 Å². The fourth-order valence-electron chi connectivity index (χ4n) is 1.20. The van der Waals surface area contributed by atoms with Crippen LogP contribution in [0, 0.1) is 6.92 Å². The van der Waals surface area contributed by atoms with E-state index in [2.05, 4.69) is 4.98 Å². The average molecular weight is 251 g/mol. The Hall–Kier alpha value is -1.19. The number of nitrogens with two attached hydrogens (primary N) is 1. The van der Waals surface area contributed by atoms with E-state index in [4.69, 9.17) is 17.3 Å². The average Bonchev–Trinajstić information content (AvgIpc) is 2.27. The van der Waals surface area contributed by atoms with Crippen LogP contribution in [0.5, 0.6) is 0 Å². The summed E-state index contributed by atoms with van der Waals surface area (Å²) in [4.78, 5) is 5.40. The number of nitrogens with zero attached hydrogens (tertiary/aromatic N) is 1. The summed E-state index contributed by atoms with van der Waals surface area (Å²) in [5.74, 6) is 0. The largest absolute Gasteiger partial charge is 0.398 e. The van der Waals surface area contributed by atoms with E-state index in [9.17, 15) is 0 Å². The first-order valence-corrected chi connectivity index (χ1v) is 6.00. The van der Waals surface area contributed by atoms with Crippen LogP contribution in [0.4, 0.5) is 5.69 Å². The summed E-state index contributed by atoms with van der Waals surface area (Å²) in [6, 6.07) is 9.53. The molecule has 82 valence electrons. The van der Waals surface area contributed by atoms with Gasteiger partial charge in [0.2, 0.25) is 0 Å². The molecule has 0 radical (unpaired) electrons. The third kappa shape index (κ3) is 2.68. The predicted molar refractivity (Wildman–Crippen MR) is 69.0 cm³/mol. The molecule has 4 heteroatoms. The molecule has 2 rings (SSSR count). The number of hydrogen-bond acceptors (Lipinski definition) is 3. The van der Waals surface area contributed by atoms with E-state index in [1.165, 1.54) is 0 Å². The topological polar surface area (TPSA) is 38.9 Å². The van der Waals surface area contributed by atoms with Crippen LogP contribution >= 0.6 is 23.4 Å². The SMILES string of the molecule is Cc1cnc(Sc2ccc(Cl)cc2)cc1N. The van der Waals surface area contributed by atoms with Crippen molar-refractivity contribution in [3.63, 3.8) is 0 Å². The van der Waals surface area contributed by atoms with Gasteiger partial charge in [0.1, 0.15) is 5.03 Å². The molecular formula is C12H11ClN2S. The van der Waals surface area contributed by atoms with Gasteiger partial charge in [0.05, 0.1) is 0 Å². The van der Waals surface area contributed by atoms with Gasteiger partial charge in [-0.25, -0.2) is 4.98 Å². The van der Waals surface area contributed by atoms with Crippen LogP contribution in [0.15, 0.2) is 46.5 Å². The van der Waals surface area contributed by atoms with Crippen LogP contribution in [0.2, 0.25) is 5.02 Å². The Bertz CT molecular complexity index is 497. The monoisotopic (exact) mass is 250 g/mol. The Morgan fingerprint density at radius 3 is 2.56 bits per heavy atom. The molecule has 0 saturated heterocycles. The predicted octanol–water partition coefficient (Wildman–Crippen LogP) is 3.78. The third-order valence-electron chi connectivity index (χ3n) is 2.16. The molecule has 2 aromatic rings. The second kappa shape index (κ2) is 4.76. The van der Waals surface area contributed by atoms with Gasteiger partial charge in [0.15, 0.2) is 0 Å². The van der Waals surface area contributed by atoms with Crippen LogP contribution in [0.1, 0.15) is 5.56 Å². The first-order chi connectivity index (χ1) is 7.65. The molecule has 0 amide bonds. The van der Waals surface area contributed by atoms with Crippen molar-refractivity contribution in [3.8, 4) is 0 Å². The van der Waals surface area contributed by atoms with E-state index in [0.29, 0.717) is 0 Å². The van der Waals surface area contributed by atoms with E-state index < -0.39 is 0 Å². The zero-order chi connectivity index (χ0) is 11.5. The van der Waals surface area contributed by atoms with Crippen molar-refractivity contribution in [2.45, 2.75) is 16.8 Å². The maximum Gasteiger partial charge on any atom is 0.103 e. The van der Waals surface area contributed by atoms with Gasteiger partial charge >= 0.3 is 0 Å². The Balaban J connectivity index is 2.20. The first-order valence-electron chi connectivity index (χ1n) is 4.81. The molecule has 0 bridgehead atoms. The van der Waals surface area contributed by atoms with Gasteiger partial charge < -0.3 is 5.73 Å². The molecule has 0 aliphatic heterocycles. The Kier molecular flexibility index (Phi) is 3.36. The molecule has 0 fully saturated rings. The standard InChI is InChI=1S/C12H11ClN2S/c1-8-7-15-12(6-11(8)14)16-10-4-2-9(13)3-5-10/h2-7H,1H3,(H2,14,15). The highest BCUT2D eigenvalue weighted by Gasteiger charge is 2.01. The summed E-state index contributed by atoms with van der Waals surface area (Å²) in [7, 11) is 0. The number of pyridine rings is 1. The van der Waals surface area contributed by atoms with Gasteiger partial charge in [0, 0.05) is 21.8 Å². The molecule has 1 heterocycles. The summed E-state index contributed by atoms with van der Waals surface area (Å²) < 4.78 is 0. The Morgan fingerprint density at radius 1 is 1.25 bits per heavy atom. The first kappa shape index (κ1) is 11.3. The van der Waals surface area contributed by atoms with Crippen LogP contribution < -0.4 is 5.73 Å². The molecule has 1 aromatic heterocycles. The summed E-state index contributed by atoms with van der Waals surface area (Å²) in [6.07, 6.45) is 1.79. The lowest BCUT2D eigenvalue weighted by Crippen LogP contribution is -1.91. The molecule has 0 unspecified atom stereocenters. The minimum atomic E-state index is 0.737. The Morgan fingerprint density at radius 2 is 1.94 bits per heavy atom. The number of hydrogen-bond donors (Lipinski definition) is 1. The number of anilines is 1. The van der Waals surface area contributed by atoms with Crippen molar-refractivity contribution in [2.75, 3.05) is 5.73 Å². The molecule has 0 atom stereocenters. The second-order valence-corrected chi connectivity index (χ2v) is 4.97. The van der Waals surface area contributed by atoms with E-state index in [-0.39, 0.29) is 0 Å². The number of nitrogen functional groups attached to an aromatic ring is 1. The summed E-state index contributed by atoms with van der Waals surface area (Å²) in [5, 5.41) is 1.63. The van der Waals surface area contributed by atoms with Crippen LogP contribution in [-0.4, -0.2) is 4.98 Å². The number of benzene rings is 1. The van der Waals surface area contributed by atoms with E-state index >= 15 is 0 Å². The molecule has 2 N–H and O–H groups in total. The summed E-state index contributed by atoms with van der Waals surface area (Å²) in [5.41, 5.74) is 7.59. The van der Waals surface area contributed by atoms with Crippen LogP contribution in [0.25, 0.3) is 0 Å². The van der Waals surface area contributed by atoms with E-state index in [1.54, 1.807) is 18.0 Å². The lowest BCUT2D eigenvalue weighted by Gasteiger charge is -2.03. The molecule has 2 nitrogen and oxygen atoms in total. The smallest absolute Gasteiger partial charge is 0.103 e. The fourth-order valence-corrected chi connectivity index (χ4v) is 2.13. The van der Waals surface area contributed by atoms with Gasteiger partial charge in [-0.3, -0.25) is 0 Å². The number of aromatic nitrogens is 1. The minimum absolute atomic E-state index is 0.737. The van der Waals surface area contributed by atoms with Crippen LogP contribution in [0.3, 0.4) is 0 Å². The van der Waals surface area contributed by atoms with E-state index in [0.717, 1.165) is 26.2 Å². The highest BCUT2D eigenvalue weighted by atomic mass is 35.5. The van der Waals surface area contributed by atoms with Crippen molar-refractivity contribution >= 4 is 29.1 Å². The number of halogens is 1. The molecule has 0 aliphatic rings. The fraction of sp³-hybridized carbons (Fsp3) is 0.0833. The second-order valence-electron chi connectivity index (χ2n) is 3.44. The van der Waals surface area contributed by atoms with Crippen molar-refractivity contribution in [3.05, 3.63) is 47.1 Å². The summed E-state index contributed by atoms with van der Waals surface area (Å²) in [6.45, 7) is 1.94.